The fraction of sp³-hybridized carbons (Fsp3) is 0.455. The number of nitrogens with one attached hydrogen (secondary N) is 1. The van der Waals surface area contributed by atoms with Gasteiger partial charge in [-0.25, -0.2) is 22.0 Å². The Labute approximate surface area is 114 Å². The normalized spacial score (nSPS) is 14.3. The van der Waals surface area contributed by atoms with Crippen LogP contribution >= 0.6 is 0 Å². The van der Waals surface area contributed by atoms with Crippen molar-refractivity contribution in [1.82, 2.24) is 5.32 Å². The Hall–Kier alpha value is -0.960. The summed E-state index contributed by atoms with van der Waals surface area (Å²) in [5.41, 5.74) is 0.862. The van der Waals surface area contributed by atoms with Gasteiger partial charge in [0, 0.05) is 18.8 Å². The van der Waals surface area contributed by atoms with Crippen LogP contribution in [0.25, 0.3) is 0 Å². The fourth-order valence-electron chi connectivity index (χ4n) is 1.52. The van der Waals surface area contributed by atoms with Crippen LogP contribution in [0.3, 0.4) is 0 Å². The van der Waals surface area contributed by atoms with Crippen molar-refractivity contribution < 1.29 is 16.8 Å². The monoisotopic (exact) mass is 306 g/mol. The number of hydrogen-bond donors (Lipinski definition) is 2. The van der Waals surface area contributed by atoms with Gasteiger partial charge in [-0.1, -0.05) is 12.1 Å². The van der Waals surface area contributed by atoms with E-state index in [4.69, 9.17) is 5.14 Å². The summed E-state index contributed by atoms with van der Waals surface area (Å²) < 4.78 is 44.2. The predicted molar refractivity (Wildman–Crippen MR) is 73.9 cm³/mol. The molecule has 19 heavy (non-hydrogen) atoms. The number of sulfone groups is 1. The van der Waals surface area contributed by atoms with E-state index in [1.165, 1.54) is 18.4 Å². The molecule has 1 aromatic rings. The molecule has 0 fully saturated rings. The molecule has 0 aliphatic heterocycles. The average molecular weight is 306 g/mol. The van der Waals surface area contributed by atoms with Gasteiger partial charge in [-0.05, 0) is 24.6 Å². The number of rotatable bonds is 6. The maximum Gasteiger partial charge on any atom is 0.238 e. The molecule has 0 aliphatic rings. The summed E-state index contributed by atoms with van der Waals surface area (Å²) in [6.07, 6.45) is 1.18. The number of benzene rings is 1. The first-order chi connectivity index (χ1) is 8.59. The maximum atomic E-state index is 11.1. The number of hydrogen-bond acceptors (Lipinski definition) is 5. The van der Waals surface area contributed by atoms with Gasteiger partial charge >= 0.3 is 0 Å². The van der Waals surface area contributed by atoms with Crippen LogP contribution in [0.4, 0.5) is 0 Å². The lowest BCUT2D eigenvalue weighted by molar-refractivity contribution is 0.575. The van der Waals surface area contributed by atoms with Crippen LogP contribution in [-0.4, -0.2) is 35.4 Å². The van der Waals surface area contributed by atoms with Crippen LogP contribution < -0.4 is 10.5 Å². The minimum atomic E-state index is -3.68. The molecule has 3 N–H and O–H groups in total. The Morgan fingerprint density at radius 1 is 1.16 bits per heavy atom. The van der Waals surface area contributed by atoms with E-state index in [1.54, 1.807) is 12.1 Å². The second-order valence-corrected chi connectivity index (χ2v) is 8.24. The zero-order valence-electron chi connectivity index (χ0n) is 10.8. The van der Waals surface area contributed by atoms with Gasteiger partial charge in [-0.3, -0.25) is 0 Å². The molecule has 108 valence electrons. The Kier molecular flexibility index (Phi) is 5.08. The zero-order chi connectivity index (χ0) is 14.7. The number of primary sulfonamides is 1. The van der Waals surface area contributed by atoms with Crippen molar-refractivity contribution in [3.05, 3.63) is 29.8 Å². The predicted octanol–water partition coefficient (Wildman–Crippen LogP) is 0.0292. The molecule has 0 spiro atoms. The van der Waals surface area contributed by atoms with E-state index >= 15 is 0 Å². The van der Waals surface area contributed by atoms with Crippen LogP contribution in [0.15, 0.2) is 29.2 Å². The van der Waals surface area contributed by atoms with Crippen LogP contribution in [-0.2, 0) is 19.9 Å². The summed E-state index contributed by atoms with van der Waals surface area (Å²) >= 11 is 0. The first-order valence-corrected chi connectivity index (χ1v) is 9.24. The van der Waals surface area contributed by atoms with E-state index in [0.29, 0.717) is 6.54 Å². The number of nitrogens with two attached hydrogens (primary N) is 1. The van der Waals surface area contributed by atoms with Crippen molar-refractivity contribution in [1.29, 1.82) is 0 Å². The Bertz CT molecular complexity index is 621. The van der Waals surface area contributed by atoms with Gasteiger partial charge in [0.1, 0.15) is 9.84 Å². The molecule has 1 aromatic carbocycles. The molecule has 1 atom stereocenters. The van der Waals surface area contributed by atoms with Crippen molar-refractivity contribution in [3.63, 3.8) is 0 Å². The third-order valence-corrected chi connectivity index (χ3v) is 4.51. The minimum Gasteiger partial charge on any atom is -0.309 e. The molecule has 8 heteroatoms. The molecule has 0 aliphatic carbocycles. The van der Waals surface area contributed by atoms with Crippen LogP contribution in [0.2, 0.25) is 0 Å². The molecular weight excluding hydrogens is 288 g/mol. The highest BCUT2D eigenvalue weighted by Gasteiger charge is 2.10. The largest absolute Gasteiger partial charge is 0.309 e. The summed E-state index contributed by atoms with van der Waals surface area (Å²) in [6.45, 7) is 2.21. The smallest absolute Gasteiger partial charge is 0.238 e. The van der Waals surface area contributed by atoms with Gasteiger partial charge in [0.15, 0.2) is 0 Å². The van der Waals surface area contributed by atoms with Crippen molar-refractivity contribution in [2.45, 2.75) is 17.9 Å². The molecule has 1 rings (SSSR count). The second-order valence-electron chi connectivity index (χ2n) is 4.42. The fourth-order valence-corrected chi connectivity index (χ4v) is 2.53. The Morgan fingerprint density at radius 3 is 2.11 bits per heavy atom. The van der Waals surface area contributed by atoms with Gasteiger partial charge < -0.3 is 5.32 Å². The SMILES string of the molecule is CC(NCCS(C)(=O)=O)c1ccc(S(N)(=O)=O)cc1. The minimum absolute atomic E-state index is 0.0552. The van der Waals surface area contributed by atoms with E-state index in [2.05, 4.69) is 5.32 Å². The Balaban J connectivity index is 2.66. The highest BCUT2D eigenvalue weighted by Crippen LogP contribution is 2.15. The van der Waals surface area contributed by atoms with Gasteiger partial charge in [-0.2, -0.15) is 0 Å². The lowest BCUT2D eigenvalue weighted by atomic mass is 10.1. The van der Waals surface area contributed by atoms with Gasteiger partial charge in [-0.15, -0.1) is 0 Å². The van der Waals surface area contributed by atoms with Crippen LogP contribution in [0, 0.1) is 0 Å². The molecule has 1 unspecified atom stereocenters. The van der Waals surface area contributed by atoms with E-state index < -0.39 is 19.9 Å². The summed E-state index contributed by atoms with van der Waals surface area (Å²) in [5, 5.41) is 8.05. The summed E-state index contributed by atoms with van der Waals surface area (Å²) in [5.74, 6) is 0.0621. The third kappa shape index (κ3) is 5.68. The number of sulfonamides is 1. The first kappa shape index (κ1) is 16.1. The highest BCUT2D eigenvalue weighted by molar-refractivity contribution is 7.90. The standard InChI is InChI=1S/C11H18N2O4S2/c1-9(13-7-8-18(2,14)15)10-3-5-11(6-4-10)19(12,16)17/h3-6,9,13H,7-8H2,1-2H3,(H2,12,16,17). The summed E-state index contributed by atoms with van der Waals surface area (Å²) in [7, 11) is -6.67. The molecular formula is C11H18N2O4S2. The van der Waals surface area contributed by atoms with E-state index in [-0.39, 0.29) is 16.7 Å². The molecule has 0 heterocycles. The lowest BCUT2D eigenvalue weighted by Crippen LogP contribution is -2.25. The average Bonchev–Trinajstić information content (AvgIpc) is 2.26. The molecule has 6 nitrogen and oxygen atoms in total. The van der Waals surface area contributed by atoms with Crippen molar-refractivity contribution in [3.8, 4) is 0 Å². The molecule has 0 saturated heterocycles. The van der Waals surface area contributed by atoms with E-state index in [1.807, 2.05) is 6.92 Å². The van der Waals surface area contributed by atoms with Crippen LogP contribution in [0.5, 0.6) is 0 Å². The third-order valence-electron chi connectivity index (χ3n) is 2.63. The highest BCUT2D eigenvalue weighted by atomic mass is 32.2. The molecule has 0 amide bonds. The second kappa shape index (κ2) is 6.00. The van der Waals surface area contributed by atoms with Crippen molar-refractivity contribution in [2.75, 3.05) is 18.6 Å². The quantitative estimate of drug-likeness (QED) is 0.771. The van der Waals surface area contributed by atoms with Gasteiger partial charge in [0.2, 0.25) is 10.0 Å². The summed E-state index contributed by atoms with van der Waals surface area (Å²) in [6, 6.07) is 6.09. The first-order valence-electron chi connectivity index (χ1n) is 5.63. The van der Waals surface area contributed by atoms with E-state index in [9.17, 15) is 16.8 Å². The molecule has 0 bridgehead atoms. The van der Waals surface area contributed by atoms with Gasteiger partial charge in [0.25, 0.3) is 0 Å². The van der Waals surface area contributed by atoms with Crippen molar-refractivity contribution in [2.24, 2.45) is 5.14 Å². The van der Waals surface area contributed by atoms with Gasteiger partial charge in [0.05, 0.1) is 10.6 Å². The maximum absolute atomic E-state index is 11.1. The van der Waals surface area contributed by atoms with Crippen LogP contribution in [0.1, 0.15) is 18.5 Å². The zero-order valence-corrected chi connectivity index (χ0v) is 12.5. The molecule has 0 saturated carbocycles. The van der Waals surface area contributed by atoms with E-state index in [0.717, 1.165) is 5.56 Å². The Morgan fingerprint density at radius 2 is 1.68 bits per heavy atom. The molecule has 0 radical (unpaired) electrons. The topological polar surface area (TPSA) is 106 Å². The molecule has 0 aromatic heterocycles. The van der Waals surface area contributed by atoms with Crippen molar-refractivity contribution >= 4 is 19.9 Å². The lowest BCUT2D eigenvalue weighted by Gasteiger charge is -2.14. The summed E-state index contributed by atoms with van der Waals surface area (Å²) in [4.78, 5) is 0.0552.